The first-order chi connectivity index (χ1) is 11.6. The Morgan fingerprint density at radius 3 is 2.71 bits per heavy atom. The molecule has 124 valence electrons. The molecule has 0 unspecified atom stereocenters. The molecule has 2 aromatic carbocycles. The number of fused-ring (bicyclic) bond motifs is 1. The number of hydrogen-bond acceptors (Lipinski definition) is 3. The Labute approximate surface area is 142 Å². The first-order valence-corrected chi connectivity index (χ1v) is 8.07. The van der Waals surface area contributed by atoms with Gasteiger partial charge < -0.3 is 15.0 Å². The Morgan fingerprint density at radius 1 is 1.17 bits per heavy atom. The largest absolute Gasteiger partial charge is 0.497 e. The molecule has 4 nitrogen and oxygen atoms in total. The Morgan fingerprint density at radius 2 is 1.96 bits per heavy atom. The van der Waals surface area contributed by atoms with E-state index in [4.69, 9.17) is 4.74 Å². The molecule has 0 saturated heterocycles. The minimum atomic E-state index is -0.144. The highest BCUT2D eigenvalue weighted by Crippen LogP contribution is 2.20. The molecule has 0 fully saturated rings. The van der Waals surface area contributed by atoms with E-state index in [2.05, 4.69) is 35.5 Å². The average Bonchev–Trinajstić information content (AvgIpc) is 2.60. The first-order valence-electron chi connectivity index (χ1n) is 8.07. The molecule has 1 amide bonds. The number of methoxy groups -OCH3 is 1. The molecule has 1 N–H and O–H groups in total. The molecule has 1 aliphatic heterocycles. The van der Waals surface area contributed by atoms with E-state index in [1.165, 1.54) is 11.1 Å². The molecule has 0 radical (unpaired) electrons. The molecule has 1 heterocycles. The Kier molecular flexibility index (Phi) is 4.96. The average molecular weight is 322 g/mol. The summed E-state index contributed by atoms with van der Waals surface area (Å²) in [6.07, 6.45) is 4.51. The van der Waals surface area contributed by atoms with Gasteiger partial charge in [-0.15, -0.1) is 0 Å². The number of carbonyl (C=O) groups is 1. The Bertz CT molecular complexity index is 751. The van der Waals surface area contributed by atoms with Gasteiger partial charge in [0, 0.05) is 24.9 Å². The third-order valence-corrected chi connectivity index (χ3v) is 4.22. The molecular weight excluding hydrogens is 300 g/mol. The van der Waals surface area contributed by atoms with Crippen LogP contribution >= 0.6 is 0 Å². The predicted molar refractivity (Wildman–Crippen MR) is 97.1 cm³/mol. The molecule has 3 rings (SSSR count). The summed E-state index contributed by atoms with van der Waals surface area (Å²) in [5.74, 6) is 0.623. The van der Waals surface area contributed by atoms with Crippen molar-refractivity contribution in [2.75, 3.05) is 26.0 Å². The van der Waals surface area contributed by atoms with E-state index < -0.39 is 0 Å². The van der Waals surface area contributed by atoms with Gasteiger partial charge in [0.1, 0.15) is 5.75 Å². The summed E-state index contributed by atoms with van der Waals surface area (Å²) in [5, 5.41) is 2.84. The van der Waals surface area contributed by atoms with Crippen LogP contribution in [0.3, 0.4) is 0 Å². The van der Waals surface area contributed by atoms with Crippen molar-refractivity contribution >= 4 is 17.7 Å². The van der Waals surface area contributed by atoms with E-state index >= 15 is 0 Å². The third kappa shape index (κ3) is 4.03. The number of rotatable bonds is 4. The van der Waals surface area contributed by atoms with Gasteiger partial charge in [0.15, 0.2) is 0 Å². The van der Waals surface area contributed by atoms with Crippen LogP contribution in [0.4, 0.5) is 5.69 Å². The van der Waals surface area contributed by atoms with Gasteiger partial charge in [0.05, 0.1) is 7.11 Å². The quantitative estimate of drug-likeness (QED) is 0.878. The van der Waals surface area contributed by atoms with Gasteiger partial charge in [-0.25, -0.2) is 0 Å². The maximum Gasteiger partial charge on any atom is 0.248 e. The molecule has 0 atom stereocenters. The minimum absolute atomic E-state index is 0.144. The van der Waals surface area contributed by atoms with Gasteiger partial charge in [-0.1, -0.05) is 18.2 Å². The molecule has 0 spiro atoms. The third-order valence-electron chi connectivity index (χ3n) is 4.22. The summed E-state index contributed by atoms with van der Waals surface area (Å²) >= 11 is 0. The zero-order chi connectivity index (χ0) is 16.9. The van der Waals surface area contributed by atoms with Gasteiger partial charge in [-0.05, 0) is 60.5 Å². The fraction of sp³-hybridized carbons (Fsp3) is 0.250. The van der Waals surface area contributed by atoms with Crippen LogP contribution in [0.1, 0.15) is 16.7 Å². The van der Waals surface area contributed by atoms with Gasteiger partial charge in [-0.3, -0.25) is 4.79 Å². The second kappa shape index (κ2) is 7.32. The molecule has 1 aliphatic rings. The zero-order valence-corrected chi connectivity index (χ0v) is 14.1. The number of hydrogen-bond donors (Lipinski definition) is 1. The molecule has 24 heavy (non-hydrogen) atoms. The van der Waals surface area contributed by atoms with Crippen molar-refractivity contribution in [1.82, 2.24) is 4.90 Å². The van der Waals surface area contributed by atoms with Crippen molar-refractivity contribution in [3.8, 4) is 5.75 Å². The molecule has 0 aliphatic carbocycles. The van der Waals surface area contributed by atoms with Crippen molar-refractivity contribution in [1.29, 1.82) is 0 Å². The van der Waals surface area contributed by atoms with Crippen LogP contribution in [-0.2, 0) is 17.8 Å². The fourth-order valence-corrected chi connectivity index (χ4v) is 2.85. The Balaban J connectivity index is 1.64. The lowest BCUT2D eigenvalue weighted by molar-refractivity contribution is -0.111. The lowest BCUT2D eigenvalue weighted by atomic mass is 9.97. The molecular formula is C20H22N2O2. The van der Waals surface area contributed by atoms with Crippen molar-refractivity contribution < 1.29 is 9.53 Å². The minimum Gasteiger partial charge on any atom is -0.497 e. The predicted octanol–water partition coefficient (Wildman–Crippen LogP) is 3.34. The number of nitrogens with zero attached hydrogens (tertiary/aromatic N) is 1. The second-order valence-corrected chi connectivity index (χ2v) is 6.07. The van der Waals surface area contributed by atoms with Crippen LogP contribution in [0.25, 0.3) is 6.08 Å². The van der Waals surface area contributed by atoms with E-state index in [-0.39, 0.29) is 5.91 Å². The van der Waals surface area contributed by atoms with Crippen LogP contribution < -0.4 is 10.1 Å². The topological polar surface area (TPSA) is 41.6 Å². The maximum atomic E-state index is 12.0. The number of anilines is 1. The molecule has 0 saturated carbocycles. The SMILES string of the molecule is COc1ccc(NC(=O)/C=C/c2ccc3c(c2)CN(C)CC3)cc1. The van der Waals surface area contributed by atoms with Crippen molar-refractivity contribution in [3.63, 3.8) is 0 Å². The lowest BCUT2D eigenvalue weighted by Crippen LogP contribution is -2.26. The van der Waals surface area contributed by atoms with Crippen LogP contribution in [0.15, 0.2) is 48.5 Å². The lowest BCUT2D eigenvalue weighted by Gasteiger charge is -2.25. The fourth-order valence-electron chi connectivity index (χ4n) is 2.85. The number of nitrogens with one attached hydrogen (secondary N) is 1. The summed E-state index contributed by atoms with van der Waals surface area (Å²) in [4.78, 5) is 14.4. The van der Waals surface area contributed by atoms with Gasteiger partial charge >= 0.3 is 0 Å². The second-order valence-electron chi connectivity index (χ2n) is 6.07. The van der Waals surface area contributed by atoms with Crippen LogP contribution in [0.2, 0.25) is 0 Å². The highest BCUT2D eigenvalue weighted by Gasteiger charge is 2.12. The smallest absolute Gasteiger partial charge is 0.248 e. The monoisotopic (exact) mass is 322 g/mol. The normalized spacial score (nSPS) is 14.4. The van der Waals surface area contributed by atoms with Crippen molar-refractivity contribution in [3.05, 3.63) is 65.2 Å². The summed E-state index contributed by atoms with van der Waals surface area (Å²) in [7, 11) is 3.75. The number of benzene rings is 2. The summed E-state index contributed by atoms with van der Waals surface area (Å²) in [6.45, 7) is 2.07. The van der Waals surface area contributed by atoms with Crippen molar-refractivity contribution in [2.45, 2.75) is 13.0 Å². The van der Waals surface area contributed by atoms with Gasteiger partial charge in [0.25, 0.3) is 0 Å². The van der Waals surface area contributed by atoms with E-state index in [0.29, 0.717) is 0 Å². The zero-order valence-electron chi connectivity index (χ0n) is 14.1. The highest BCUT2D eigenvalue weighted by molar-refractivity contribution is 6.01. The number of amides is 1. The molecule has 0 aromatic heterocycles. The van der Waals surface area contributed by atoms with Gasteiger partial charge in [-0.2, -0.15) is 0 Å². The molecule has 0 bridgehead atoms. The first kappa shape index (κ1) is 16.3. The molecule has 4 heteroatoms. The number of likely N-dealkylation sites (N-methyl/N-ethyl adjacent to an activating group) is 1. The summed E-state index contributed by atoms with van der Waals surface area (Å²) in [6, 6.07) is 13.7. The van der Waals surface area contributed by atoms with E-state index in [1.54, 1.807) is 13.2 Å². The van der Waals surface area contributed by atoms with E-state index in [9.17, 15) is 4.79 Å². The van der Waals surface area contributed by atoms with Crippen LogP contribution in [0.5, 0.6) is 5.75 Å². The molecule has 2 aromatic rings. The summed E-state index contributed by atoms with van der Waals surface area (Å²) < 4.78 is 5.10. The van der Waals surface area contributed by atoms with Crippen LogP contribution in [-0.4, -0.2) is 31.5 Å². The van der Waals surface area contributed by atoms with Crippen molar-refractivity contribution in [2.24, 2.45) is 0 Å². The Hall–Kier alpha value is -2.59. The van der Waals surface area contributed by atoms with E-state index in [1.807, 2.05) is 30.3 Å². The number of carbonyl (C=O) groups excluding carboxylic acids is 1. The highest BCUT2D eigenvalue weighted by atomic mass is 16.5. The van der Waals surface area contributed by atoms with Crippen LogP contribution in [0, 0.1) is 0 Å². The summed E-state index contributed by atoms with van der Waals surface area (Å²) in [5.41, 5.74) is 4.56. The standard InChI is InChI=1S/C20H22N2O2/c1-22-12-11-16-5-3-15(13-17(16)14-22)4-10-20(23)21-18-6-8-19(24-2)9-7-18/h3-10,13H,11-12,14H2,1-2H3,(H,21,23)/b10-4+. The maximum absolute atomic E-state index is 12.0. The number of ether oxygens (including phenoxy) is 1. The van der Waals surface area contributed by atoms with Gasteiger partial charge in [0.2, 0.25) is 5.91 Å². The van der Waals surface area contributed by atoms with E-state index in [0.717, 1.165) is 36.5 Å².